The lowest BCUT2D eigenvalue weighted by atomic mass is 10.3. The van der Waals surface area contributed by atoms with Crippen molar-refractivity contribution in [3.8, 4) is 0 Å². The number of nitrogens with one attached hydrogen (secondary N) is 1. The molecule has 0 aliphatic heterocycles. The molecule has 2 aromatic rings. The third kappa shape index (κ3) is 3.19. The molecule has 0 unspecified atom stereocenters. The fourth-order valence-corrected chi connectivity index (χ4v) is 1.77. The molecule has 0 amide bonds. The lowest BCUT2D eigenvalue weighted by Gasteiger charge is -2.01. The summed E-state index contributed by atoms with van der Waals surface area (Å²) in [5.41, 5.74) is 3.38. The van der Waals surface area contributed by atoms with E-state index in [1.165, 1.54) is 18.3 Å². The van der Waals surface area contributed by atoms with Gasteiger partial charge in [-0.05, 0) is 36.4 Å². The van der Waals surface area contributed by atoms with E-state index in [0.717, 1.165) is 0 Å². The predicted molar refractivity (Wildman–Crippen MR) is 67.7 cm³/mol. The van der Waals surface area contributed by atoms with Crippen LogP contribution in [0.2, 0.25) is 0 Å². The van der Waals surface area contributed by atoms with Gasteiger partial charge >= 0.3 is 0 Å². The number of hydrogen-bond acceptors (Lipinski definition) is 5. The Morgan fingerprint density at radius 2 is 1.94 bits per heavy atom. The number of benzene rings is 1. The number of hydrogen-bond donors (Lipinski definition) is 2. The summed E-state index contributed by atoms with van der Waals surface area (Å²) in [7, 11) is -3.66. The van der Waals surface area contributed by atoms with Crippen LogP contribution in [0.25, 0.3) is 0 Å². The second-order valence-corrected chi connectivity index (χ2v) is 5.02. The van der Waals surface area contributed by atoms with Crippen molar-refractivity contribution >= 4 is 21.9 Å². The highest BCUT2D eigenvalue weighted by Gasteiger charge is 2.05. The first-order valence-electron chi connectivity index (χ1n) is 5.01. The maximum Gasteiger partial charge on any atom is 0.238 e. The highest BCUT2D eigenvalue weighted by Crippen LogP contribution is 2.12. The summed E-state index contributed by atoms with van der Waals surface area (Å²) in [4.78, 5) is 0.0584. The minimum absolute atomic E-state index is 0.0584. The highest BCUT2D eigenvalue weighted by molar-refractivity contribution is 7.89. The van der Waals surface area contributed by atoms with Gasteiger partial charge in [0, 0.05) is 0 Å². The van der Waals surface area contributed by atoms with Gasteiger partial charge in [-0.25, -0.2) is 13.6 Å². The Labute approximate surface area is 104 Å². The smallest absolute Gasteiger partial charge is 0.238 e. The second-order valence-electron chi connectivity index (χ2n) is 3.45. The molecule has 1 aromatic heterocycles. The molecule has 1 heterocycles. The topological polar surface area (TPSA) is 97.7 Å². The minimum Gasteiger partial charge on any atom is -0.463 e. The van der Waals surface area contributed by atoms with Gasteiger partial charge in [-0.2, -0.15) is 5.10 Å². The Morgan fingerprint density at radius 3 is 2.50 bits per heavy atom. The molecule has 3 N–H and O–H groups in total. The fraction of sp³-hybridized carbons (Fsp3) is 0. The van der Waals surface area contributed by atoms with E-state index in [0.29, 0.717) is 11.4 Å². The van der Waals surface area contributed by atoms with Gasteiger partial charge in [-0.15, -0.1) is 0 Å². The number of nitrogens with two attached hydrogens (primary N) is 1. The average Bonchev–Trinajstić information content (AvgIpc) is 2.82. The van der Waals surface area contributed by atoms with Gasteiger partial charge in [0.25, 0.3) is 0 Å². The van der Waals surface area contributed by atoms with E-state index in [9.17, 15) is 8.42 Å². The quantitative estimate of drug-likeness (QED) is 0.644. The predicted octanol–water partition coefficient (Wildman–Crippen LogP) is 1.37. The molecule has 6 nitrogen and oxygen atoms in total. The van der Waals surface area contributed by atoms with Crippen molar-refractivity contribution in [2.75, 3.05) is 5.43 Å². The zero-order valence-electron chi connectivity index (χ0n) is 9.28. The molecule has 1 aromatic carbocycles. The molecule has 2 rings (SSSR count). The summed E-state index contributed by atoms with van der Waals surface area (Å²) in [6.45, 7) is 0. The number of anilines is 1. The zero-order valence-corrected chi connectivity index (χ0v) is 10.1. The fourth-order valence-electron chi connectivity index (χ4n) is 1.25. The van der Waals surface area contributed by atoms with Crippen LogP contribution in [0.4, 0.5) is 5.69 Å². The molecular formula is C11H11N3O3S. The molecule has 0 aliphatic rings. The first-order chi connectivity index (χ1) is 8.55. The summed E-state index contributed by atoms with van der Waals surface area (Å²) in [6.07, 6.45) is 3.05. The second kappa shape index (κ2) is 5.03. The van der Waals surface area contributed by atoms with E-state index in [1.54, 1.807) is 30.5 Å². The SMILES string of the molecule is NS(=O)(=O)c1ccc(N/N=C/c2ccco2)cc1. The van der Waals surface area contributed by atoms with E-state index in [1.807, 2.05) is 0 Å². The third-order valence-electron chi connectivity index (χ3n) is 2.11. The van der Waals surface area contributed by atoms with Gasteiger partial charge in [-0.3, -0.25) is 5.43 Å². The van der Waals surface area contributed by atoms with Crippen molar-refractivity contribution in [2.24, 2.45) is 10.2 Å². The van der Waals surface area contributed by atoms with Crippen LogP contribution in [0.5, 0.6) is 0 Å². The molecule has 0 spiro atoms. The lowest BCUT2D eigenvalue weighted by molar-refractivity contribution is 0.560. The maximum atomic E-state index is 11.0. The van der Waals surface area contributed by atoms with Crippen LogP contribution in [-0.4, -0.2) is 14.6 Å². The van der Waals surface area contributed by atoms with Crippen LogP contribution < -0.4 is 10.6 Å². The van der Waals surface area contributed by atoms with Crippen LogP contribution in [0, 0.1) is 0 Å². The lowest BCUT2D eigenvalue weighted by Crippen LogP contribution is -2.11. The van der Waals surface area contributed by atoms with Gasteiger partial charge in [0.05, 0.1) is 23.1 Å². The Hall–Kier alpha value is -2.12. The first-order valence-corrected chi connectivity index (χ1v) is 6.56. The molecule has 18 heavy (non-hydrogen) atoms. The molecule has 0 radical (unpaired) electrons. The van der Waals surface area contributed by atoms with Crippen LogP contribution in [0.3, 0.4) is 0 Å². The van der Waals surface area contributed by atoms with E-state index >= 15 is 0 Å². The molecule has 0 saturated heterocycles. The van der Waals surface area contributed by atoms with E-state index in [2.05, 4.69) is 10.5 Å². The van der Waals surface area contributed by atoms with Gasteiger partial charge in [0.1, 0.15) is 5.76 Å². The van der Waals surface area contributed by atoms with Crippen molar-refractivity contribution in [1.82, 2.24) is 0 Å². The molecule has 94 valence electrons. The summed E-state index contributed by atoms with van der Waals surface area (Å²) in [6, 6.07) is 9.45. The molecular weight excluding hydrogens is 254 g/mol. The Kier molecular flexibility index (Phi) is 3.45. The zero-order chi connectivity index (χ0) is 13.0. The van der Waals surface area contributed by atoms with Crippen LogP contribution in [-0.2, 0) is 10.0 Å². The average molecular weight is 265 g/mol. The largest absolute Gasteiger partial charge is 0.463 e. The molecule has 0 atom stereocenters. The van der Waals surface area contributed by atoms with Crippen LogP contribution in [0.15, 0.2) is 57.1 Å². The third-order valence-corrected chi connectivity index (χ3v) is 3.04. The van der Waals surface area contributed by atoms with Crippen molar-refractivity contribution in [2.45, 2.75) is 4.90 Å². The van der Waals surface area contributed by atoms with Crippen molar-refractivity contribution in [3.05, 3.63) is 48.4 Å². The van der Waals surface area contributed by atoms with E-state index in [-0.39, 0.29) is 4.90 Å². The van der Waals surface area contributed by atoms with E-state index < -0.39 is 10.0 Å². The highest BCUT2D eigenvalue weighted by atomic mass is 32.2. The Balaban J connectivity index is 2.03. The monoisotopic (exact) mass is 265 g/mol. The molecule has 7 heteroatoms. The van der Waals surface area contributed by atoms with Gasteiger partial charge in [0.15, 0.2) is 0 Å². The van der Waals surface area contributed by atoms with Crippen molar-refractivity contribution in [1.29, 1.82) is 0 Å². The summed E-state index contributed by atoms with van der Waals surface area (Å²) >= 11 is 0. The Morgan fingerprint density at radius 1 is 1.22 bits per heavy atom. The summed E-state index contributed by atoms with van der Waals surface area (Å²) in [5.74, 6) is 0.614. The van der Waals surface area contributed by atoms with Crippen LogP contribution >= 0.6 is 0 Å². The first kappa shape index (κ1) is 12.3. The van der Waals surface area contributed by atoms with Gasteiger partial charge in [0.2, 0.25) is 10.0 Å². The normalized spacial score (nSPS) is 11.8. The van der Waals surface area contributed by atoms with Gasteiger partial charge < -0.3 is 4.42 Å². The number of nitrogens with zero attached hydrogens (tertiary/aromatic N) is 1. The molecule has 0 saturated carbocycles. The van der Waals surface area contributed by atoms with E-state index in [4.69, 9.17) is 9.56 Å². The van der Waals surface area contributed by atoms with Crippen molar-refractivity contribution in [3.63, 3.8) is 0 Å². The number of primary sulfonamides is 1. The molecule has 0 aliphatic carbocycles. The molecule has 0 bridgehead atoms. The summed E-state index contributed by atoms with van der Waals surface area (Å²) in [5, 5.41) is 8.91. The molecule has 0 fully saturated rings. The van der Waals surface area contributed by atoms with Crippen molar-refractivity contribution < 1.29 is 12.8 Å². The maximum absolute atomic E-state index is 11.0. The number of sulfonamides is 1. The number of rotatable bonds is 4. The van der Waals surface area contributed by atoms with Gasteiger partial charge in [-0.1, -0.05) is 0 Å². The minimum atomic E-state index is -3.66. The van der Waals surface area contributed by atoms with Crippen LogP contribution in [0.1, 0.15) is 5.76 Å². The summed E-state index contributed by atoms with van der Waals surface area (Å²) < 4.78 is 27.1. The standard InChI is InChI=1S/C11H11N3O3S/c12-18(15,16)11-5-3-9(4-6-11)14-13-8-10-2-1-7-17-10/h1-8,14H,(H2,12,15,16)/b13-8+. The number of furan rings is 1. The Bertz CT molecular complexity index is 631. The number of hydrazone groups is 1.